The molecule has 10 heteroatoms. The molecule has 1 saturated carbocycles. The average Bonchev–Trinajstić information content (AvgIpc) is 3.69. The number of aromatic nitrogens is 2. The number of fused-ring (bicyclic) bond motifs is 1. The Kier molecular flexibility index (Phi) is 5.52. The van der Waals surface area contributed by atoms with Crippen LogP contribution in [0.25, 0.3) is 0 Å². The molecule has 34 heavy (non-hydrogen) atoms. The fourth-order valence-electron chi connectivity index (χ4n) is 3.91. The maximum Gasteiger partial charge on any atom is 0.261 e. The standard InChI is InChI=1S/C24H22N4O5S/c1-33-18-8-6-16(7-9-18)15-28(34(31,32)19-10-11-19)22-12-17(13-25-26-22)14-27-23(29)20-4-2-3-5-21(20)24(27)30/h2-9,12-13,19H,10-11,14-15H2,1H3. The molecule has 0 N–H and O–H groups in total. The van der Waals surface area contributed by atoms with E-state index in [4.69, 9.17) is 4.74 Å². The Morgan fingerprint density at radius 1 is 1.00 bits per heavy atom. The third kappa shape index (κ3) is 4.01. The van der Waals surface area contributed by atoms with Gasteiger partial charge in [-0.05, 0) is 54.3 Å². The Bertz CT molecular complexity index is 1340. The number of sulfonamides is 1. The number of ether oxygens (including phenoxy) is 1. The second-order valence-electron chi connectivity index (χ2n) is 8.26. The number of carbonyl (C=O) groups is 2. The van der Waals surface area contributed by atoms with E-state index in [0.717, 1.165) is 10.5 Å². The van der Waals surface area contributed by atoms with Gasteiger partial charge in [0.2, 0.25) is 10.0 Å². The molecule has 0 bridgehead atoms. The van der Waals surface area contributed by atoms with Crippen LogP contribution >= 0.6 is 0 Å². The summed E-state index contributed by atoms with van der Waals surface area (Å²) in [5.41, 5.74) is 1.97. The lowest BCUT2D eigenvalue weighted by molar-refractivity contribution is 0.0642. The Morgan fingerprint density at radius 3 is 2.24 bits per heavy atom. The molecule has 5 rings (SSSR count). The number of imide groups is 1. The molecule has 3 aromatic rings. The van der Waals surface area contributed by atoms with E-state index in [-0.39, 0.29) is 30.7 Å². The number of nitrogens with zero attached hydrogens (tertiary/aromatic N) is 4. The number of rotatable bonds is 8. The van der Waals surface area contributed by atoms with Crippen LogP contribution in [0, 0.1) is 0 Å². The molecular formula is C24H22N4O5S. The number of methoxy groups -OCH3 is 1. The highest BCUT2D eigenvalue weighted by atomic mass is 32.2. The molecule has 0 unspecified atom stereocenters. The first-order valence-electron chi connectivity index (χ1n) is 10.8. The number of carbonyl (C=O) groups excluding carboxylic acids is 2. The molecule has 2 aliphatic rings. The summed E-state index contributed by atoms with van der Waals surface area (Å²) in [4.78, 5) is 26.6. The fraction of sp³-hybridized carbons (Fsp3) is 0.250. The minimum Gasteiger partial charge on any atom is -0.497 e. The Hall–Kier alpha value is -3.79. The normalized spacial score (nSPS) is 15.4. The highest BCUT2D eigenvalue weighted by Crippen LogP contribution is 2.34. The van der Waals surface area contributed by atoms with Gasteiger partial charge in [-0.1, -0.05) is 24.3 Å². The highest BCUT2D eigenvalue weighted by Gasteiger charge is 2.41. The average molecular weight is 479 g/mol. The van der Waals surface area contributed by atoms with Crippen molar-refractivity contribution in [1.82, 2.24) is 15.1 Å². The zero-order chi connectivity index (χ0) is 23.9. The van der Waals surface area contributed by atoms with Crippen LogP contribution in [0.2, 0.25) is 0 Å². The van der Waals surface area contributed by atoms with E-state index in [9.17, 15) is 18.0 Å². The number of amides is 2. The van der Waals surface area contributed by atoms with Gasteiger partial charge in [0.25, 0.3) is 11.8 Å². The van der Waals surface area contributed by atoms with Gasteiger partial charge in [-0.15, -0.1) is 5.10 Å². The fourth-order valence-corrected chi connectivity index (χ4v) is 5.68. The van der Waals surface area contributed by atoms with Crippen molar-refractivity contribution in [2.45, 2.75) is 31.2 Å². The zero-order valence-corrected chi connectivity index (χ0v) is 19.2. The molecule has 1 fully saturated rings. The molecule has 0 saturated heterocycles. The van der Waals surface area contributed by atoms with Gasteiger partial charge in [-0.2, -0.15) is 5.10 Å². The van der Waals surface area contributed by atoms with Crippen LogP contribution in [-0.4, -0.2) is 47.7 Å². The van der Waals surface area contributed by atoms with Gasteiger partial charge >= 0.3 is 0 Å². The Balaban J connectivity index is 1.44. The third-order valence-electron chi connectivity index (χ3n) is 5.91. The highest BCUT2D eigenvalue weighted by molar-refractivity contribution is 7.93. The van der Waals surface area contributed by atoms with Crippen LogP contribution in [0.1, 0.15) is 44.7 Å². The van der Waals surface area contributed by atoms with Crippen molar-refractivity contribution < 1.29 is 22.7 Å². The van der Waals surface area contributed by atoms with Crippen LogP contribution < -0.4 is 9.04 Å². The summed E-state index contributed by atoms with van der Waals surface area (Å²) in [6.07, 6.45) is 2.63. The summed E-state index contributed by atoms with van der Waals surface area (Å²) in [7, 11) is -2.09. The zero-order valence-electron chi connectivity index (χ0n) is 18.4. The lowest BCUT2D eigenvalue weighted by atomic mass is 10.1. The lowest BCUT2D eigenvalue weighted by Crippen LogP contribution is -2.34. The molecular weight excluding hydrogens is 456 g/mol. The first-order valence-corrected chi connectivity index (χ1v) is 12.3. The summed E-state index contributed by atoms with van der Waals surface area (Å²) >= 11 is 0. The topological polar surface area (TPSA) is 110 Å². The minimum atomic E-state index is -3.65. The molecule has 0 spiro atoms. The van der Waals surface area contributed by atoms with Gasteiger partial charge in [0.1, 0.15) is 5.75 Å². The number of benzene rings is 2. The van der Waals surface area contributed by atoms with Crippen LogP contribution in [0.3, 0.4) is 0 Å². The smallest absolute Gasteiger partial charge is 0.261 e. The first kappa shape index (κ1) is 22.0. The minimum absolute atomic E-state index is 0.0330. The van der Waals surface area contributed by atoms with Gasteiger partial charge in [0, 0.05) is 0 Å². The first-order chi connectivity index (χ1) is 16.4. The van der Waals surface area contributed by atoms with Gasteiger partial charge in [-0.3, -0.25) is 14.5 Å². The second-order valence-corrected chi connectivity index (χ2v) is 10.4. The monoisotopic (exact) mass is 478 g/mol. The molecule has 1 aliphatic carbocycles. The van der Waals surface area contributed by atoms with Crippen molar-refractivity contribution >= 4 is 27.7 Å². The summed E-state index contributed by atoms with van der Waals surface area (Å²) in [5, 5.41) is 7.61. The van der Waals surface area contributed by atoms with E-state index in [1.54, 1.807) is 61.7 Å². The van der Waals surface area contributed by atoms with Gasteiger partial charge in [-0.25, -0.2) is 12.7 Å². The molecule has 1 aromatic heterocycles. The maximum absolute atomic E-state index is 13.2. The third-order valence-corrected chi connectivity index (χ3v) is 8.16. The van der Waals surface area contributed by atoms with Crippen LogP contribution in [-0.2, 0) is 23.1 Å². The van der Waals surface area contributed by atoms with Crippen LogP contribution in [0.4, 0.5) is 5.82 Å². The van der Waals surface area contributed by atoms with E-state index < -0.39 is 15.3 Å². The Morgan fingerprint density at radius 2 is 1.65 bits per heavy atom. The van der Waals surface area contributed by atoms with Gasteiger partial charge < -0.3 is 4.74 Å². The van der Waals surface area contributed by atoms with E-state index in [1.807, 2.05) is 0 Å². The molecule has 9 nitrogen and oxygen atoms in total. The van der Waals surface area contributed by atoms with Gasteiger partial charge in [0.05, 0.1) is 42.8 Å². The predicted molar refractivity (Wildman–Crippen MR) is 124 cm³/mol. The molecule has 174 valence electrons. The quantitative estimate of drug-likeness (QED) is 0.458. The summed E-state index contributed by atoms with van der Waals surface area (Å²) < 4.78 is 32.9. The largest absolute Gasteiger partial charge is 0.497 e. The number of anilines is 1. The van der Waals surface area contributed by atoms with Crippen LogP contribution in [0.15, 0.2) is 60.8 Å². The molecule has 2 aromatic carbocycles. The van der Waals surface area contributed by atoms with Crippen molar-refractivity contribution in [3.8, 4) is 5.75 Å². The van der Waals surface area contributed by atoms with Crippen molar-refractivity contribution in [2.75, 3.05) is 11.4 Å². The van der Waals surface area contributed by atoms with Crippen LogP contribution in [0.5, 0.6) is 5.75 Å². The molecule has 2 heterocycles. The van der Waals surface area contributed by atoms with Crippen molar-refractivity contribution in [2.24, 2.45) is 0 Å². The van der Waals surface area contributed by atoms with Crippen molar-refractivity contribution in [3.05, 3.63) is 83.0 Å². The summed E-state index contributed by atoms with van der Waals surface area (Å²) in [5.74, 6) is 0.0409. The molecule has 1 aliphatic heterocycles. The van der Waals surface area contributed by atoms with E-state index in [0.29, 0.717) is 35.3 Å². The molecule has 0 radical (unpaired) electrons. The SMILES string of the molecule is COc1ccc(CN(c2cc(CN3C(=O)c4ccccc4C3=O)cnn2)S(=O)(=O)C2CC2)cc1. The number of hydrogen-bond donors (Lipinski definition) is 0. The van der Waals surface area contributed by atoms with E-state index in [1.165, 1.54) is 10.5 Å². The van der Waals surface area contributed by atoms with Gasteiger partial charge in [0.15, 0.2) is 5.82 Å². The number of hydrogen-bond acceptors (Lipinski definition) is 7. The van der Waals surface area contributed by atoms with E-state index in [2.05, 4.69) is 10.2 Å². The van der Waals surface area contributed by atoms with Crippen molar-refractivity contribution in [3.63, 3.8) is 0 Å². The summed E-state index contributed by atoms with van der Waals surface area (Å²) in [6, 6.07) is 15.3. The summed E-state index contributed by atoms with van der Waals surface area (Å²) in [6.45, 7) is 0.0443. The predicted octanol–water partition coefficient (Wildman–Crippen LogP) is 2.78. The van der Waals surface area contributed by atoms with E-state index >= 15 is 0 Å². The Labute approximate surface area is 197 Å². The van der Waals surface area contributed by atoms with Crippen molar-refractivity contribution in [1.29, 1.82) is 0 Å². The molecule has 0 atom stereocenters. The molecule has 2 amide bonds. The second kappa shape index (κ2) is 8.53. The lowest BCUT2D eigenvalue weighted by Gasteiger charge is -2.24. The maximum atomic E-state index is 13.2.